The molecule has 0 spiro atoms. The van der Waals surface area contributed by atoms with Crippen molar-refractivity contribution in [2.75, 3.05) is 6.61 Å². The summed E-state index contributed by atoms with van der Waals surface area (Å²) in [5, 5.41) is 0.836. The van der Waals surface area contributed by atoms with Gasteiger partial charge < -0.3 is 9.30 Å². The molecule has 0 radical (unpaired) electrons. The van der Waals surface area contributed by atoms with Crippen molar-refractivity contribution in [1.29, 1.82) is 0 Å². The van der Waals surface area contributed by atoms with Crippen LogP contribution in [0.3, 0.4) is 0 Å². The van der Waals surface area contributed by atoms with Gasteiger partial charge in [-0.25, -0.2) is 4.39 Å². The highest BCUT2D eigenvalue weighted by atomic mass is 127. The van der Waals surface area contributed by atoms with Crippen LogP contribution in [-0.4, -0.2) is 19.2 Å². The quantitative estimate of drug-likeness (QED) is 0.146. The van der Waals surface area contributed by atoms with Gasteiger partial charge in [0.25, 0.3) is 0 Å². The van der Waals surface area contributed by atoms with E-state index in [0.29, 0.717) is 28.3 Å². The van der Waals surface area contributed by atoms with Crippen LogP contribution in [0.4, 0.5) is 4.39 Å². The van der Waals surface area contributed by atoms with Crippen molar-refractivity contribution in [3.05, 3.63) is 31.7 Å². The van der Waals surface area contributed by atoms with E-state index in [1.54, 1.807) is 6.07 Å². The lowest BCUT2D eigenvalue weighted by Crippen LogP contribution is -2.22. The monoisotopic (exact) mass is 517 g/mol. The highest BCUT2D eigenvalue weighted by molar-refractivity contribution is 14.1. The number of hydrogen-bond donors (Lipinski definition) is 0. The summed E-state index contributed by atoms with van der Waals surface area (Å²) in [4.78, 5) is 0. The van der Waals surface area contributed by atoms with Crippen LogP contribution in [0, 0.1) is 9.39 Å². The minimum Gasteiger partial charge on any atom is -0.361 e. The van der Waals surface area contributed by atoms with E-state index in [2.05, 4.69) is 35.6 Å². The summed E-state index contributed by atoms with van der Waals surface area (Å²) in [6, 6.07) is 4.80. The van der Waals surface area contributed by atoms with Crippen molar-refractivity contribution >= 4 is 69.1 Å². The summed E-state index contributed by atoms with van der Waals surface area (Å²) in [6.45, 7) is 7.96. The van der Waals surface area contributed by atoms with Crippen molar-refractivity contribution in [2.24, 2.45) is 0 Å². The maximum atomic E-state index is 14.5. The van der Waals surface area contributed by atoms with Crippen LogP contribution in [0.5, 0.6) is 0 Å². The van der Waals surface area contributed by atoms with Gasteiger partial charge in [0.15, 0.2) is 5.82 Å². The fourth-order valence-electron chi connectivity index (χ4n) is 2.18. The van der Waals surface area contributed by atoms with Gasteiger partial charge in [0.1, 0.15) is 6.73 Å². The number of halogens is 4. The zero-order valence-corrected chi connectivity index (χ0v) is 18.3. The van der Waals surface area contributed by atoms with E-state index in [4.69, 9.17) is 16.3 Å². The smallest absolute Gasteiger partial charge is 0.160 e. The molecule has 0 amide bonds. The number of nitrogens with zero attached hydrogens (tertiary/aromatic N) is 1. The Balaban J connectivity index is 2.31. The molecule has 7 heteroatoms. The van der Waals surface area contributed by atoms with Gasteiger partial charge in [0.05, 0.1) is 15.0 Å². The van der Waals surface area contributed by atoms with Gasteiger partial charge in [0, 0.05) is 30.2 Å². The maximum absolute atomic E-state index is 14.5. The molecule has 2 nitrogen and oxygen atoms in total. The molecule has 0 N–H and O–H groups in total. The minimum absolute atomic E-state index is 0.219. The number of rotatable bonds is 6. The lowest BCUT2D eigenvalue weighted by atomic mass is 10.2. The highest BCUT2D eigenvalue weighted by Gasteiger charge is 2.18. The van der Waals surface area contributed by atoms with E-state index in [9.17, 15) is 4.39 Å². The lowest BCUT2D eigenvalue weighted by Gasteiger charge is -2.16. The zero-order valence-electron chi connectivity index (χ0n) is 12.9. The Labute approximate surface area is 158 Å². The molecule has 0 fully saturated rings. The van der Waals surface area contributed by atoms with Crippen molar-refractivity contribution in [3.63, 3.8) is 0 Å². The lowest BCUT2D eigenvalue weighted by molar-refractivity contribution is 0.0885. The Morgan fingerprint density at radius 1 is 1.36 bits per heavy atom. The normalized spacial score (nSPS) is 12.3. The molecule has 0 atom stereocenters. The third-order valence-corrected chi connectivity index (χ3v) is 6.88. The third-order valence-electron chi connectivity index (χ3n) is 3.46. The minimum atomic E-state index is -1.13. The second-order valence-corrected chi connectivity index (χ2v) is 14.4. The Kier molecular flexibility index (Phi) is 6.38. The molecule has 0 aliphatic rings. The average molecular weight is 519 g/mol. The summed E-state index contributed by atoms with van der Waals surface area (Å²) in [5.41, 5.74) is 1.42. The molecule has 122 valence electrons. The molecule has 1 heterocycles. The second kappa shape index (κ2) is 7.50. The summed E-state index contributed by atoms with van der Waals surface area (Å²) in [5.74, 6) is 0.109. The molecule has 0 aliphatic carbocycles. The number of alkyl halides is 1. The van der Waals surface area contributed by atoms with E-state index >= 15 is 0 Å². The van der Waals surface area contributed by atoms with Gasteiger partial charge >= 0.3 is 0 Å². The number of benzene rings is 1. The first-order valence-corrected chi connectivity index (χ1v) is 13.2. The van der Waals surface area contributed by atoms with Gasteiger partial charge in [-0.3, -0.25) is 0 Å². The molecule has 2 rings (SSSR count). The van der Waals surface area contributed by atoms with E-state index in [-0.39, 0.29) is 5.82 Å². The summed E-state index contributed by atoms with van der Waals surface area (Å²) < 4.78 is 23.6. The predicted molar refractivity (Wildman–Crippen MR) is 106 cm³/mol. The van der Waals surface area contributed by atoms with Crippen LogP contribution in [-0.2, 0) is 17.3 Å². The third kappa shape index (κ3) is 4.26. The fraction of sp³-hybridized carbons (Fsp3) is 0.467. The van der Waals surface area contributed by atoms with Gasteiger partial charge in [-0.05, 0) is 40.8 Å². The van der Waals surface area contributed by atoms with Gasteiger partial charge in [-0.1, -0.05) is 35.6 Å². The van der Waals surface area contributed by atoms with Crippen LogP contribution in [0.1, 0.15) is 5.69 Å². The molecule has 2 aromatic rings. The molecule has 0 saturated carbocycles. The Morgan fingerprint density at radius 3 is 2.64 bits per heavy atom. The summed E-state index contributed by atoms with van der Waals surface area (Å²) in [7, 11) is -1.13. The molecule has 0 saturated heterocycles. The summed E-state index contributed by atoms with van der Waals surface area (Å²) >= 11 is 11.5. The zero-order chi connectivity index (χ0) is 16.5. The van der Waals surface area contributed by atoms with Crippen molar-refractivity contribution in [3.8, 4) is 0 Å². The molecule has 0 unspecified atom stereocenters. The fourth-order valence-corrected chi connectivity index (χ4v) is 4.68. The standard InChI is InChI=1S/C15H19BrClFINOSi/c1-22(2,3)5-4-21-9-20-10(8-17)6-11-12(16)7-13(19)14(18)15(11)20/h6-7H,4-5,8-9H2,1-3H3. The molecular formula is C15H19BrClFINOSi. The maximum Gasteiger partial charge on any atom is 0.160 e. The van der Waals surface area contributed by atoms with Gasteiger partial charge in [-0.15, -0.1) is 11.6 Å². The van der Waals surface area contributed by atoms with Crippen molar-refractivity contribution in [1.82, 2.24) is 4.57 Å². The first kappa shape index (κ1) is 18.7. The Hall–Kier alpha value is 0.367. The van der Waals surface area contributed by atoms with Gasteiger partial charge in [0.2, 0.25) is 0 Å². The Morgan fingerprint density at radius 2 is 2.05 bits per heavy atom. The van der Waals surface area contributed by atoms with Crippen LogP contribution in [0.15, 0.2) is 16.6 Å². The SMILES string of the molecule is C[Si](C)(C)CCOCn1c(CCl)cc2c(Br)cc(I)c(F)c21. The summed E-state index contributed by atoms with van der Waals surface area (Å²) in [6.07, 6.45) is 0. The molecule has 0 aliphatic heterocycles. The number of hydrogen-bond acceptors (Lipinski definition) is 1. The molecular weight excluding hydrogens is 500 g/mol. The van der Waals surface area contributed by atoms with Crippen molar-refractivity contribution < 1.29 is 9.13 Å². The predicted octanol–water partition coefficient (Wildman–Crippen LogP) is 6.20. The second-order valence-electron chi connectivity index (χ2n) is 6.46. The largest absolute Gasteiger partial charge is 0.361 e. The van der Waals surface area contributed by atoms with E-state index in [1.165, 1.54) is 0 Å². The van der Waals surface area contributed by atoms with Crippen molar-refractivity contribution in [2.45, 2.75) is 38.3 Å². The number of ether oxygens (including phenoxy) is 1. The number of fused-ring (bicyclic) bond motifs is 1. The highest BCUT2D eigenvalue weighted by Crippen LogP contribution is 2.33. The topological polar surface area (TPSA) is 14.2 Å². The van der Waals surface area contributed by atoms with Crippen LogP contribution < -0.4 is 0 Å². The average Bonchev–Trinajstić information content (AvgIpc) is 2.79. The number of aromatic nitrogens is 1. The van der Waals surface area contributed by atoms with Crippen LogP contribution >= 0.6 is 50.1 Å². The molecule has 0 bridgehead atoms. The van der Waals surface area contributed by atoms with E-state index < -0.39 is 8.07 Å². The molecule has 1 aromatic carbocycles. The van der Waals surface area contributed by atoms with E-state index in [1.807, 2.05) is 33.2 Å². The molecule has 22 heavy (non-hydrogen) atoms. The Bertz CT molecular complexity index is 686. The van der Waals surface area contributed by atoms with Crippen LogP contribution in [0.25, 0.3) is 10.9 Å². The first-order chi connectivity index (χ1) is 10.2. The first-order valence-electron chi connectivity index (χ1n) is 7.04. The van der Waals surface area contributed by atoms with Gasteiger partial charge in [-0.2, -0.15) is 0 Å². The van der Waals surface area contributed by atoms with E-state index in [0.717, 1.165) is 21.6 Å². The van der Waals surface area contributed by atoms with Crippen LogP contribution in [0.2, 0.25) is 25.7 Å². The molecule has 1 aromatic heterocycles.